The highest BCUT2D eigenvalue weighted by Gasteiger charge is 2.29. The Hall–Kier alpha value is -1.44. The molecule has 212 valence electrons. The first kappa shape index (κ1) is 29.5. The van der Waals surface area contributed by atoms with Crippen LogP contribution in [0.2, 0.25) is 0 Å². The molecule has 0 aromatic heterocycles. The molecule has 0 aliphatic heterocycles. The van der Waals surface area contributed by atoms with E-state index in [1.807, 2.05) is 12.1 Å². The summed E-state index contributed by atoms with van der Waals surface area (Å²) in [5.74, 6) is 2.86. The van der Waals surface area contributed by atoms with Crippen molar-refractivity contribution in [3.8, 4) is 0 Å². The molecule has 3 aliphatic rings. The highest BCUT2D eigenvalue weighted by Crippen LogP contribution is 2.42. The third-order valence-corrected chi connectivity index (χ3v) is 10.3. The van der Waals surface area contributed by atoms with Gasteiger partial charge in [0.05, 0.1) is 0 Å². The molecule has 0 N–H and O–H groups in total. The lowest BCUT2D eigenvalue weighted by Gasteiger charge is -2.35. The molecule has 0 amide bonds. The minimum atomic E-state index is -0.627. The third-order valence-electron chi connectivity index (χ3n) is 10.3. The van der Waals surface area contributed by atoms with Crippen molar-refractivity contribution in [1.29, 1.82) is 0 Å². The topological polar surface area (TPSA) is 0 Å². The Bertz CT molecular complexity index is 896. The molecule has 1 unspecified atom stereocenters. The second-order valence-corrected chi connectivity index (χ2v) is 13.0. The van der Waals surface area contributed by atoms with Crippen molar-refractivity contribution in [2.75, 3.05) is 0 Å². The van der Waals surface area contributed by atoms with Crippen LogP contribution in [0.5, 0.6) is 0 Å². The lowest BCUT2D eigenvalue weighted by atomic mass is 9.70. The van der Waals surface area contributed by atoms with Crippen LogP contribution in [0.25, 0.3) is 5.57 Å². The second-order valence-electron chi connectivity index (χ2n) is 13.0. The van der Waals surface area contributed by atoms with Crippen molar-refractivity contribution >= 4 is 5.57 Å². The van der Waals surface area contributed by atoms with Gasteiger partial charge in [-0.1, -0.05) is 95.6 Å². The molecule has 2 saturated carbocycles. The summed E-state index contributed by atoms with van der Waals surface area (Å²) in [6, 6.07) is 3.68. The predicted molar refractivity (Wildman–Crippen MR) is 159 cm³/mol. The van der Waals surface area contributed by atoms with Gasteiger partial charge in [0, 0.05) is 5.56 Å². The van der Waals surface area contributed by atoms with Crippen LogP contribution in [0.15, 0.2) is 30.4 Å². The molecule has 1 atom stereocenters. The molecular weight excluding hydrogens is 470 g/mol. The quantitative estimate of drug-likeness (QED) is 0.188. The summed E-state index contributed by atoms with van der Waals surface area (Å²) in [6.45, 7) is 4.57. The smallest absolute Gasteiger partial charge is 0.166 e. The monoisotopic (exact) mass is 524 g/mol. The lowest BCUT2D eigenvalue weighted by Crippen LogP contribution is -2.23. The Morgan fingerprint density at radius 3 is 2.18 bits per heavy atom. The van der Waals surface area contributed by atoms with E-state index >= 15 is 8.78 Å². The van der Waals surface area contributed by atoms with Gasteiger partial charge in [-0.05, 0) is 111 Å². The molecule has 0 radical (unpaired) electrons. The van der Waals surface area contributed by atoms with Crippen molar-refractivity contribution in [2.45, 2.75) is 136 Å². The Morgan fingerprint density at radius 2 is 1.50 bits per heavy atom. The van der Waals surface area contributed by atoms with Crippen molar-refractivity contribution in [3.63, 3.8) is 0 Å². The van der Waals surface area contributed by atoms with Gasteiger partial charge in [-0.25, -0.2) is 8.78 Å². The highest BCUT2D eigenvalue weighted by molar-refractivity contribution is 5.67. The number of rotatable bonds is 12. The summed E-state index contributed by atoms with van der Waals surface area (Å²) in [6.07, 6.45) is 30.2. The Morgan fingerprint density at radius 1 is 0.763 bits per heavy atom. The van der Waals surface area contributed by atoms with Crippen LogP contribution in [0.3, 0.4) is 0 Å². The molecule has 0 bridgehead atoms. The van der Waals surface area contributed by atoms with E-state index in [4.69, 9.17) is 0 Å². The summed E-state index contributed by atoms with van der Waals surface area (Å²) >= 11 is 0. The Kier molecular flexibility index (Phi) is 12.0. The number of aryl methyl sites for hydroxylation is 1. The maximum atomic E-state index is 15.1. The van der Waals surface area contributed by atoms with Crippen LogP contribution in [-0.4, -0.2) is 0 Å². The molecule has 0 spiro atoms. The van der Waals surface area contributed by atoms with Gasteiger partial charge in [0.2, 0.25) is 0 Å². The summed E-state index contributed by atoms with van der Waals surface area (Å²) < 4.78 is 30.1. The first-order valence-electron chi connectivity index (χ1n) is 16.4. The van der Waals surface area contributed by atoms with Crippen molar-refractivity contribution < 1.29 is 8.78 Å². The zero-order valence-electron chi connectivity index (χ0n) is 24.5. The van der Waals surface area contributed by atoms with Crippen molar-refractivity contribution in [3.05, 3.63) is 53.1 Å². The molecular formula is C36H54F2. The van der Waals surface area contributed by atoms with Crippen LogP contribution in [-0.2, 0) is 6.42 Å². The normalized spacial score (nSPS) is 28.5. The van der Waals surface area contributed by atoms with Gasteiger partial charge in [0.25, 0.3) is 0 Å². The molecule has 1 aromatic rings. The molecule has 38 heavy (non-hydrogen) atoms. The minimum absolute atomic E-state index is 0.502. The lowest BCUT2D eigenvalue weighted by molar-refractivity contribution is 0.189. The van der Waals surface area contributed by atoms with Gasteiger partial charge in [-0.2, -0.15) is 0 Å². The van der Waals surface area contributed by atoms with E-state index in [0.717, 1.165) is 54.9 Å². The molecule has 4 rings (SSSR count). The average Bonchev–Trinajstić information content (AvgIpc) is 2.95. The zero-order chi connectivity index (χ0) is 26.7. The maximum Gasteiger partial charge on any atom is 0.166 e. The van der Waals surface area contributed by atoms with E-state index in [1.165, 1.54) is 89.9 Å². The van der Waals surface area contributed by atoms with Gasteiger partial charge in [0.1, 0.15) is 0 Å². The molecule has 0 nitrogen and oxygen atoms in total. The number of unbranched alkanes of at least 4 members (excludes halogenated alkanes) is 2. The SMILES string of the molecule is CCCCCC1CCC(/C=C/CCc2ccc(C3=CCC(C4CCC(CCC)CC4)CC3)c(F)c2F)CC1. The number of hydrogen-bond acceptors (Lipinski definition) is 0. The first-order chi connectivity index (χ1) is 18.6. The summed E-state index contributed by atoms with van der Waals surface area (Å²) in [5.41, 5.74) is 2.05. The number of hydrogen-bond donors (Lipinski definition) is 0. The van der Waals surface area contributed by atoms with Crippen molar-refractivity contribution in [1.82, 2.24) is 0 Å². The molecule has 0 saturated heterocycles. The van der Waals surface area contributed by atoms with Crippen LogP contribution in [0.1, 0.15) is 141 Å². The van der Waals surface area contributed by atoms with E-state index in [2.05, 4.69) is 32.1 Å². The van der Waals surface area contributed by atoms with E-state index < -0.39 is 11.6 Å². The fraction of sp³-hybridized carbons (Fsp3) is 0.722. The van der Waals surface area contributed by atoms with E-state index in [9.17, 15) is 0 Å². The predicted octanol–water partition coefficient (Wildman–Crippen LogP) is 11.6. The fourth-order valence-corrected chi connectivity index (χ4v) is 7.79. The third kappa shape index (κ3) is 8.28. The van der Waals surface area contributed by atoms with E-state index in [-0.39, 0.29) is 0 Å². The molecule has 2 heteroatoms. The van der Waals surface area contributed by atoms with Crippen LogP contribution < -0.4 is 0 Å². The Labute approximate surface area is 232 Å². The van der Waals surface area contributed by atoms with Crippen LogP contribution >= 0.6 is 0 Å². The van der Waals surface area contributed by atoms with E-state index in [0.29, 0.717) is 23.5 Å². The Balaban J connectivity index is 1.22. The van der Waals surface area contributed by atoms with Crippen molar-refractivity contribution in [2.24, 2.45) is 29.6 Å². The molecule has 3 aliphatic carbocycles. The number of halogens is 2. The molecule has 0 heterocycles. The van der Waals surface area contributed by atoms with Crippen LogP contribution in [0.4, 0.5) is 8.78 Å². The van der Waals surface area contributed by atoms with Gasteiger partial charge in [-0.15, -0.1) is 0 Å². The van der Waals surface area contributed by atoms with Gasteiger partial charge < -0.3 is 0 Å². The summed E-state index contributed by atoms with van der Waals surface area (Å²) in [4.78, 5) is 0. The standard InChI is InChI=1S/C36H54F2/c1-3-5-6-10-28-13-15-29(16-14-28)11-7-8-12-33-25-26-34(36(38)35(33)37)32-23-21-31(22-24-32)30-19-17-27(9-4-2)18-20-30/h7,11,23,25-31H,3-6,8-10,12-22,24H2,1-2H3/b11-7+. The molecule has 1 aromatic carbocycles. The first-order valence-corrected chi connectivity index (χ1v) is 16.4. The largest absolute Gasteiger partial charge is 0.203 e. The summed E-state index contributed by atoms with van der Waals surface area (Å²) in [5, 5.41) is 0. The number of benzene rings is 1. The van der Waals surface area contributed by atoms with Crippen LogP contribution in [0, 0.1) is 41.2 Å². The summed E-state index contributed by atoms with van der Waals surface area (Å²) in [7, 11) is 0. The van der Waals surface area contributed by atoms with Gasteiger partial charge in [0.15, 0.2) is 11.6 Å². The molecule has 2 fully saturated rings. The van der Waals surface area contributed by atoms with Gasteiger partial charge >= 0.3 is 0 Å². The van der Waals surface area contributed by atoms with Gasteiger partial charge in [-0.3, -0.25) is 0 Å². The minimum Gasteiger partial charge on any atom is -0.203 e. The second kappa shape index (κ2) is 15.4. The zero-order valence-corrected chi connectivity index (χ0v) is 24.5. The average molecular weight is 525 g/mol. The highest BCUT2D eigenvalue weighted by atomic mass is 19.2. The fourth-order valence-electron chi connectivity index (χ4n) is 7.79. The number of allylic oxidation sites excluding steroid dienone is 4. The van der Waals surface area contributed by atoms with E-state index in [1.54, 1.807) is 0 Å². The maximum absolute atomic E-state index is 15.1.